The predicted molar refractivity (Wildman–Crippen MR) is 108 cm³/mol. The van der Waals surface area contributed by atoms with E-state index in [2.05, 4.69) is 22.5 Å². The normalized spacial score (nSPS) is 10.6. The molecule has 0 atom stereocenters. The third-order valence-corrected chi connectivity index (χ3v) is 4.74. The average molecular weight is 411 g/mol. The van der Waals surface area contributed by atoms with Gasteiger partial charge in [0.25, 0.3) is 0 Å². The van der Waals surface area contributed by atoms with Crippen LogP contribution in [-0.2, 0) is 6.42 Å². The zero-order chi connectivity index (χ0) is 18.3. The molecule has 1 N–H and O–H groups in total. The zero-order valence-electron chi connectivity index (χ0n) is 15.1. The van der Waals surface area contributed by atoms with E-state index < -0.39 is 6.61 Å². The maximum absolute atomic E-state index is 11.6. The largest absolute Gasteiger partial charge is 0.493 e. The Labute approximate surface area is 160 Å². The number of rotatable bonds is 15. The molecule has 0 bridgehead atoms. The van der Waals surface area contributed by atoms with Gasteiger partial charge in [0.15, 0.2) is 5.78 Å². The number of carbonyl (C=O) groups excluding carboxylic acids is 1. The van der Waals surface area contributed by atoms with Gasteiger partial charge in [0, 0.05) is 10.9 Å². The summed E-state index contributed by atoms with van der Waals surface area (Å²) >= 11 is 3.46. The Morgan fingerprint density at radius 1 is 1.08 bits per heavy atom. The highest BCUT2D eigenvalue weighted by Gasteiger charge is 2.09. The number of unbranched alkanes of at least 4 members (excludes halogenated alkanes) is 7. The first kappa shape index (κ1) is 21.9. The van der Waals surface area contributed by atoms with Crippen molar-refractivity contribution in [3.8, 4) is 5.75 Å². The summed E-state index contributed by atoms with van der Waals surface area (Å²) in [6.45, 7) is 3.98. The molecular formula is C21H31BrO3. The number of Topliss-reactive ketones (excluding diaryl/α,β-unsaturated/α-hetero) is 1. The van der Waals surface area contributed by atoms with Crippen LogP contribution in [0.15, 0.2) is 30.9 Å². The van der Waals surface area contributed by atoms with Gasteiger partial charge in [-0.25, -0.2) is 0 Å². The van der Waals surface area contributed by atoms with Crippen molar-refractivity contribution in [1.29, 1.82) is 0 Å². The molecule has 0 amide bonds. The first-order valence-corrected chi connectivity index (χ1v) is 10.4. The van der Waals surface area contributed by atoms with Gasteiger partial charge in [0.2, 0.25) is 0 Å². The summed E-state index contributed by atoms with van der Waals surface area (Å²) in [6, 6.07) is 5.33. The summed E-state index contributed by atoms with van der Waals surface area (Å²) in [5, 5.41) is 10.1. The van der Waals surface area contributed by atoms with Crippen molar-refractivity contribution in [1.82, 2.24) is 0 Å². The molecule has 0 spiro atoms. The molecule has 1 rings (SSSR count). The van der Waals surface area contributed by atoms with Gasteiger partial charge < -0.3 is 9.84 Å². The third kappa shape index (κ3) is 9.22. The quantitative estimate of drug-likeness (QED) is 0.180. The molecule has 1 aromatic rings. The van der Waals surface area contributed by atoms with Crippen LogP contribution in [0.2, 0.25) is 0 Å². The first-order valence-electron chi connectivity index (χ1n) is 9.29. The van der Waals surface area contributed by atoms with Crippen molar-refractivity contribution in [3.05, 3.63) is 42.0 Å². The van der Waals surface area contributed by atoms with Crippen LogP contribution >= 0.6 is 15.9 Å². The van der Waals surface area contributed by atoms with Crippen LogP contribution < -0.4 is 4.74 Å². The molecule has 0 saturated carbocycles. The van der Waals surface area contributed by atoms with Crippen molar-refractivity contribution in [2.45, 2.75) is 57.8 Å². The molecule has 0 saturated heterocycles. The lowest BCUT2D eigenvalue weighted by Gasteiger charge is -2.12. The topological polar surface area (TPSA) is 46.5 Å². The number of benzene rings is 1. The SMILES string of the molecule is C=CCc1cc(C(=O)CO)ccc1OCCCCCCCCCCBr. The minimum Gasteiger partial charge on any atom is -0.493 e. The van der Waals surface area contributed by atoms with Gasteiger partial charge in [-0.1, -0.05) is 60.5 Å². The highest BCUT2D eigenvalue weighted by Crippen LogP contribution is 2.22. The molecule has 0 radical (unpaired) electrons. The van der Waals surface area contributed by atoms with E-state index >= 15 is 0 Å². The highest BCUT2D eigenvalue weighted by molar-refractivity contribution is 9.09. The average Bonchev–Trinajstić information content (AvgIpc) is 2.63. The number of hydrogen-bond acceptors (Lipinski definition) is 3. The molecule has 0 unspecified atom stereocenters. The van der Waals surface area contributed by atoms with Crippen molar-refractivity contribution in [2.75, 3.05) is 18.5 Å². The molecule has 0 aromatic heterocycles. The Morgan fingerprint density at radius 2 is 1.72 bits per heavy atom. The molecule has 3 nitrogen and oxygen atoms in total. The molecule has 0 aliphatic carbocycles. The lowest BCUT2D eigenvalue weighted by Crippen LogP contribution is -2.06. The van der Waals surface area contributed by atoms with Crippen LogP contribution in [0, 0.1) is 0 Å². The maximum atomic E-state index is 11.6. The van der Waals surface area contributed by atoms with E-state index in [0.717, 1.165) is 23.1 Å². The van der Waals surface area contributed by atoms with E-state index in [0.29, 0.717) is 18.6 Å². The van der Waals surface area contributed by atoms with Gasteiger partial charge >= 0.3 is 0 Å². The van der Waals surface area contributed by atoms with Crippen molar-refractivity contribution in [2.24, 2.45) is 0 Å². The molecular weight excluding hydrogens is 380 g/mol. The summed E-state index contributed by atoms with van der Waals surface area (Å²) in [5.74, 6) is 0.539. The van der Waals surface area contributed by atoms with Crippen molar-refractivity contribution in [3.63, 3.8) is 0 Å². The maximum Gasteiger partial charge on any atom is 0.188 e. The highest BCUT2D eigenvalue weighted by atomic mass is 79.9. The third-order valence-electron chi connectivity index (χ3n) is 4.18. The van der Waals surface area contributed by atoms with E-state index in [4.69, 9.17) is 9.84 Å². The number of hydrogen-bond donors (Lipinski definition) is 1. The van der Waals surface area contributed by atoms with Crippen LogP contribution in [0.3, 0.4) is 0 Å². The Kier molecular flexibility index (Phi) is 12.3. The van der Waals surface area contributed by atoms with Gasteiger partial charge in [0.1, 0.15) is 12.4 Å². The van der Waals surface area contributed by atoms with Gasteiger partial charge in [-0.15, -0.1) is 6.58 Å². The van der Waals surface area contributed by atoms with Crippen molar-refractivity contribution < 1.29 is 14.6 Å². The molecule has 0 heterocycles. The van der Waals surface area contributed by atoms with E-state index in [1.165, 1.54) is 44.9 Å². The standard InChI is InChI=1S/C21H31BrO3/c1-2-11-19-16-18(20(24)17-23)12-13-21(19)25-15-10-8-6-4-3-5-7-9-14-22/h2,12-13,16,23H,1,3-11,14-15,17H2. The van der Waals surface area contributed by atoms with Crippen molar-refractivity contribution >= 4 is 21.7 Å². The van der Waals surface area contributed by atoms with Gasteiger partial charge in [0.05, 0.1) is 6.61 Å². The Bertz CT molecular complexity index is 514. The number of aliphatic hydroxyl groups is 1. The summed E-state index contributed by atoms with van der Waals surface area (Å²) in [4.78, 5) is 11.6. The summed E-state index contributed by atoms with van der Waals surface area (Å²) in [7, 11) is 0. The zero-order valence-corrected chi connectivity index (χ0v) is 16.7. The summed E-state index contributed by atoms with van der Waals surface area (Å²) in [6.07, 6.45) is 12.5. The Balaban J connectivity index is 2.29. The molecule has 0 aliphatic heterocycles. The molecule has 0 fully saturated rings. The molecule has 0 aliphatic rings. The number of ether oxygens (including phenoxy) is 1. The molecule has 140 valence electrons. The second-order valence-corrected chi connectivity index (χ2v) is 7.06. The van der Waals surface area contributed by atoms with Gasteiger partial charge in [-0.2, -0.15) is 0 Å². The lowest BCUT2D eigenvalue weighted by atomic mass is 10.0. The second kappa shape index (κ2) is 14.1. The number of halogens is 1. The van der Waals surface area contributed by atoms with Crippen LogP contribution in [0.1, 0.15) is 67.3 Å². The van der Waals surface area contributed by atoms with Crippen LogP contribution in [0.4, 0.5) is 0 Å². The molecule has 4 heteroatoms. The lowest BCUT2D eigenvalue weighted by molar-refractivity contribution is 0.0903. The Morgan fingerprint density at radius 3 is 2.32 bits per heavy atom. The number of allylic oxidation sites excluding steroid dienone is 1. The fraction of sp³-hybridized carbons (Fsp3) is 0.571. The minimum absolute atomic E-state index is 0.270. The summed E-state index contributed by atoms with van der Waals surface area (Å²) in [5.41, 5.74) is 1.47. The first-order chi connectivity index (χ1) is 12.2. The second-order valence-electron chi connectivity index (χ2n) is 6.26. The molecule has 25 heavy (non-hydrogen) atoms. The van der Waals surface area contributed by atoms with Crippen LogP contribution in [0.25, 0.3) is 0 Å². The van der Waals surface area contributed by atoms with Crippen LogP contribution in [-0.4, -0.2) is 29.4 Å². The number of carbonyl (C=O) groups is 1. The predicted octanol–water partition coefficient (Wildman–Crippen LogP) is 5.48. The number of alkyl halides is 1. The Hall–Kier alpha value is -1.13. The van der Waals surface area contributed by atoms with Gasteiger partial charge in [-0.05, 0) is 43.0 Å². The van der Waals surface area contributed by atoms with E-state index in [1.807, 2.05) is 6.07 Å². The fourth-order valence-corrected chi connectivity index (χ4v) is 3.14. The number of aliphatic hydroxyl groups excluding tert-OH is 1. The van der Waals surface area contributed by atoms with E-state index in [9.17, 15) is 4.79 Å². The van der Waals surface area contributed by atoms with Crippen LogP contribution in [0.5, 0.6) is 5.75 Å². The van der Waals surface area contributed by atoms with E-state index in [1.54, 1.807) is 18.2 Å². The van der Waals surface area contributed by atoms with E-state index in [-0.39, 0.29) is 5.78 Å². The van der Waals surface area contributed by atoms with Gasteiger partial charge in [-0.3, -0.25) is 4.79 Å². The number of ketones is 1. The summed E-state index contributed by atoms with van der Waals surface area (Å²) < 4.78 is 5.89. The fourth-order valence-electron chi connectivity index (χ4n) is 2.74. The minimum atomic E-state index is -0.468. The smallest absolute Gasteiger partial charge is 0.188 e. The molecule has 1 aromatic carbocycles. The monoisotopic (exact) mass is 410 g/mol.